The number of benzene rings is 2. The van der Waals surface area contributed by atoms with E-state index >= 15 is 0 Å². The molecule has 0 saturated carbocycles. The van der Waals surface area contributed by atoms with Crippen molar-refractivity contribution in [2.45, 2.75) is 6.54 Å². The summed E-state index contributed by atoms with van der Waals surface area (Å²) in [6, 6.07) is 12.1. The van der Waals surface area contributed by atoms with Crippen LogP contribution in [0.3, 0.4) is 0 Å². The van der Waals surface area contributed by atoms with Crippen LogP contribution >= 0.6 is 0 Å². The number of nitrogens with one attached hydrogen (secondary N) is 2. The predicted molar refractivity (Wildman–Crippen MR) is 129 cm³/mol. The molecule has 0 aliphatic carbocycles. The largest absolute Gasteiger partial charge is 0.497 e. The molecule has 1 heterocycles. The molecule has 0 atom stereocenters. The Morgan fingerprint density at radius 3 is 2.21 bits per heavy atom. The lowest BCUT2D eigenvalue weighted by Gasteiger charge is -2.25. The zero-order valence-corrected chi connectivity index (χ0v) is 19.6. The number of aromatic nitrogens is 1. The third kappa shape index (κ3) is 5.95. The van der Waals surface area contributed by atoms with Gasteiger partial charge in [0.05, 0.1) is 33.4 Å². The molecule has 0 spiro atoms. The number of urea groups is 1. The molecule has 0 aliphatic rings. The van der Waals surface area contributed by atoms with Gasteiger partial charge in [-0.3, -0.25) is 4.79 Å². The second kappa shape index (κ2) is 10.7. The molecule has 0 saturated heterocycles. The quantitative estimate of drug-likeness (QED) is 0.516. The number of nitrogens with zero attached hydrogens (tertiary/aromatic N) is 2. The molecule has 9 heteroatoms. The minimum Gasteiger partial charge on any atom is -0.497 e. The first-order valence-corrected chi connectivity index (χ1v) is 10.5. The Hall–Kier alpha value is -3.72. The summed E-state index contributed by atoms with van der Waals surface area (Å²) in [5, 5.41) is 3.67. The van der Waals surface area contributed by atoms with Crippen LogP contribution in [0.5, 0.6) is 17.2 Å². The van der Waals surface area contributed by atoms with Crippen LogP contribution in [0.25, 0.3) is 10.9 Å². The molecule has 0 radical (unpaired) electrons. The van der Waals surface area contributed by atoms with E-state index in [4.69, 9.17) is 14.2 Å². The lowest BCUT2D eigenvalue weighted by atomic mass is 10.1. The fourth-order valence-electron chi connectivity index (χ4n) is 3.35. The van der Waals surface area contributed by atoms with Gasteiger partial charge >= 0.3 is 6.03 Å². The molecule has 2 amide bonds. The third-order valence-electron chi connectivity index (χ3n) is 5.23. The average molecular weight is 455 g/mol. The van der Waals surface area contributed by atoms with E-state index in [1.165, 1.54) is 0 Å². The molecule has 0 fully saturated rings. The number of carbonyl (C=O) groups is 1. The van der Waals surface area contributed by atoms with Crippen LogP contribution in [-0.4, -0.2) is 69.3 Å². The Labute approximate surface area is 192 Å². The van der Waals surface area contributed by atoms with Crippen molar-refractivity contribution >= 4 is 22.6 Å². The predicted octanol–water partition coefficient (Wildman–Crippen LogP) is 3.15. The van der Waals surface area contributed by atoms with Crippen LogP contribution in [0.1, 0.15) is 5.56 Å². The zero-order valence-electron chi connectivity index (χ0n) is 19.6. The van der Waals surface area contributed by atoms with Gasteiger partial charge in [-0.2, -0.15) is 0 Å². The molecule has 9 nitrogen and oxygen atoms in total. The molecule has 0 unspecified atom stereocenters. The first-order chi connectivity index (χ1) is 15.8. The van der Waals surface area contributed by atoms with Gasteiger partial charge < -0.3 is 34.3 Å². The lowest BCUT2D eigenvalue weighted by Crippen LogP contribution is -2.40. The Morgan fingerprint density at radius 2 is 1.61 bits per heavy atom. The van der Waals surface area contributed by atoms with E-state index in [2.05, 4.69) is 10.3 Å². The average Bonchev–Trinajstić information content (AvgIpc) is 2.81. The number of hydrogen-bond acceptors (Lipinski definition) is 6. The Bertz CT molecular complexity index is 1160. The molecule has 1 aromatic heterocycles. The minimum atomic E-state index is -0.297. The normalized spacial score (nSPS) is 10.8. The fourth-order valence-corrected chi connectivity index (χ4v) is 3.35. The van der Waals surface area contributed by atoms with Crippen LogP contribution in [0.2, 0.25) is 0 Å². The molecular weight excluding hydrogens is 424 g/mol. The summed E-state index contributed by atoms with van der Waals surface area (Å²) in [5.41, 5.74) is 1.48. The smallest absolute Gasteiger partial charge is 0.322 e. The number of likely N-dealkylation sites (N-methyl/N-ethyl adjacent to an activating group) is 1. The molecule has 2 N–H and O–H groups in total. The van der Waals surface area contributed by atoms with Gasteiger partial charge in [0.25, 0.3) is 5.56 Å². The van der Waals surface area contributed by atoms with Gasteiger partial charge in [-0.1, -0.05) is 0 Å². The number of anilines is 1. The standard InChI is InChI=1S/C24H30N4O5/c1-27(2)10-11-28(24(30)25-18-6-8-19(31-3)9-7-18)15-17-12-16-13-21(32-4)22(33-5)14-20(16)26-23(17)29/h6-9,12-14H,10-11,15H2,1-5H3,(H,25,30)(H,26,29). The maximum atomic E-state index is 13.1. The number of aromatic amines is 1. The maximum absolute atomic E-state index is 13.1. The molecule has 176 valence electrons. The minimum absolute atomic E-state index is 0.148. The summed E-state index contributed by atoms with van der Waals surface area (Å²) < 4.78 is 15.9. The molecular formula is C24H30N4O5. The summed E-state index contributed by atoms with van der Waals surface area (Å²) in [4.78, 5) is 32.3. The number of pyridine rings is 1. The van der Waals surface area contributed by atoms with E-state index in [9.17, 15) is 9.59 Å². The highest BCUT2D eigenvalue weighted by atomic mass is 16.5. The van der Waals surface area contributed by atoms with E-state index in [-0.39, 0.29) is 18.1 Å². The van der Waals surface area contributed by atoms with Gasteiger partial charge in [-0.15, -0.1) is 0 Å². The van der Waals surface area contributed by atoms with Crippen LogP contribution in [-0.2, 0) is 6.54 Å². The van der Waals surface area contributed by atoms with Crippen molar-refractivity contribution in [1.82, 2.24) is 14.8 Å². The zero-order chi connectivity index (χ0) is 24.0. The molecule has 0 bridgehead atoms. The van der Waals surface area contributed by atoms with E-state index in [1.54, 1.807) is 68.7 Å². The van der Waals surface area contributed by atoms with Crippen LogP contribution in [0.15, 0.2) is 47.3 Å². The molecule has 33 heavy (non-hydrogen) atoms. The van der Waals surface area contributed by atoms with Crippen LogP contribution in [0.4, 0.5) is 10.5 Å². The van der Waals surface area contributed by atoms with Crippen molar-refractivity contribution in [2.24, 2.45) is 0 Å². The Kier molecular flexibility index (Phi) is 7.78. The van der Waals surface area contributed by atoms with Gasteiger partial charge in [0.2, 0.25) is 0 Å². The summed E-state index contributed by atoms with van der Waals surface area (Å²) in [6.45, 7) is 1.24. The second-order valence-corrected chi connectivity index (χ2v) is 7.80. The number of rotatable bonds is 9. The molecule has 2 aromatic carbocycles. The van der Waals surface area contributed by atoms with Crippen LogP contribution in [0, 0.1) is 0 Å². The van der Waals surface area contributed by atoms with Gasteiger partial charge in [0, 0.05) is 35.8 Å². The number of hydrogen-bond donors (Lipinski definition) is 2. The SMILES string of the molecule is COc1ccc(NC(=O)N(CCN(C)C)Cc2cc3cc(OC)c(OC)cc3[nH]c2=O)cc1. The second-order valence-electron chi connectivity index (χ2n) is 7.80. The van der Waals surface area contributed by atoms with E-state index in [0.29, 0.717) is 47.1 Å². The van der Waals surface area contributed by atoms with Crippen molar-refractivity contribution in [2.75, 3.05) is 53.8 Å². The van der Waals surface area contributed by atoms with E-state index < -0.39 is 0 Å². The van der Waals surface area contributed by atoms with Crippen molar-refractivity contribution in [3.8, 4) is 17.2 Å². The molecule has 3 rings (SSSR count). The van der Waals surface area contributed by atoms with Gasteiger partial charge in [0.1, 0.15) is 5.75 Å². The van der Waals surface area contributed by atoms with E-state index in [1.807, 2.05) is 19.0 Å². The number of ether oxygens (including phenoxy) is 3. The van der Waals surface area contributed by atoms with Gasteiger partial charge in [0.15, 0.2) is 11.5 Å². The lowest BCUT2D eigenvalue weighted by molar-refractivity contribution is 0.202. The number of H-pyrrole nitrogens is 1. The number of fused-ring (bicyclic) bond motifs is 1. The maximum Gasteiger partial charge on any atom is 0.322 e. The molecule has 3 aromatic rings. The third-order valence-corrected chi connectivity index (χ3v) is 5.23. The number of methoxy groups -OCH3 is 3. The summed E-state index contributed by atoms with van der Waals surface area (Å²) in [5.74, 6) is 1.79. The van der Waals surface area contributed by atoms with Gasteiger partial charge in [-0.05, 0) is 50.5 Å². The highest BCUT2D eigenvalue weighted by Gasteiger charge is 2.17. The summed E-state index contributed by atoms with van der Waals surface area (Å²) >= 11 is 0. The Morgan fingerprint density at radius 1 is 0.939 bits per heavy atom. The Balaban J connectivity index is 1.88. The van der Waals surface area contributed by atoms with E-state index in [0.717, 1.165) is 5.39 Å². The van der Waals surface area contributed by atoms with Crippen molar-refractivity contribution < 1.29 is 19.0 Å². The van der Waals surface area contributed by atoms with Crippen molar-refractivity contribution in [3.05, 3.63) is 58.4 Å². The summed E-state index contributed by atoms with van der Waals surface area (Å²) in [6.07, 6.45) is 0. The van der Waals surface area contributed by atoms with Crippen molar-refractivity contribution in [3.63, 3.8) is 0 Å². The summed E-state index contributed by atoms with van der Waals surface area (Å²) in [7, 11) is 8.55. The topological polar surface area (TPSA) is 96.1 Å². The highest BCUT2D eigenvalue weighted by molar-refractivity contribution is 5.89. The van der Waals surface area contributed by atoms with Crippen LogP contribution < -0.4 is 25.1 Å². The van der Waals surface area contributed by atoms with Gasteiger partial charge in [-0.25, -0.2) is 4.79 Å². The highest BCUT2D eigenvalue weighted by Crippen LogP contribution is 2.31. The fraction of sp³-hybridized carbons (Fsp3) is 0.333. The first-order valence-electron chi connectivity index (χ1n) is 10.5. The number of carbonyl (C=O) groups excluding carboxylic acids is 1. The number of amides is 2. The van der Waals surface area contributed by atoms with Crippen molar-refractivity contribution in [1.29, 1.82) is 0 Å². The first kappa shape index (κ1) is 23.9. The monoisotopic (exact) mass is 454 g/mol. The molecule has 0 aliphatic heterocycles.